The van der Waals surface area contributed by atoms with Crippen molar-refractivity contribution in [1.82, 2.24) is 10.2 Å². The van der Waals surface area contributed by atoms with E-state index in [9.17, 15) is 9.59 Å². The van der Waals surface area contributed by atoms with Crippen LogP contribution in [0.1, 0.15) is 46.4 Å². The van der Waals surface area contributed by atoms with Crippen LogP contribution in [0.4, 0.5) is 0 Å². The molecule has 0 saturated carbocycles. The zero-order valence-electron chi connectivity index (χ0n) is 14.0. The maximum absolute atomic E-state index is 12.6. The van der Waals surface area contributed by atoms with Crippen molar-refractivity contribution in [1.29, 1.82) is 0 Å². The van der Waals surface area contributed by atoms with Crippen molar-refractivity contribution < 1.29 is 14.3 Å². The number of halogens is 1. The van der Waals surface area contributed by atoms with Crippen molar-refractivity contribution in [3.63, 3.8) is 0 Å². The van der Waals surface area contributed by atoms with E-state index in [4.69, 9.17) is 0 Å². The number of piperidine rings is 2. The van der Waals surface area contributed by atoms with Gasteiger partial charge in [0.05, 0.1) is 12.7 Å². The molecule has 0 radical (unpaired) electrons. The summed E-state index contributed by atoms with van der Waals surface area (Å²) in [6, 6.07) is 6.72. The van der Waals surface area contributed by atoms with Crippen LogP contribution < -0.4 is 5.32 Å². The third-order valence-corrected chi connectivity index (χ3v) is 5.33. The molecule has 1 aromatic rings. The van der Waals surface area contributed by atoms with Crippen molar-refractivity contribution in [2.75, 3.05) is 33.3 Å². The van der Waals surface area contributed by atoms with E-state index in [1.54, 1.807) is 24.3 Å². The third kappa shape index (κ3) is 3.90. The monoisotopic (exact) mass is 352 g/mol. The Kier molecular flexibility index (Phi) is 6.24. The van der Waals surface area contributed by atoms with Crippen LogP contribution in [0.2, 0.25) is 0 Å². The first-order chi connectivity index (χ1) is 11.1. The van der Waals surface area contributed by atoms with Gasteiger partial charge in [0.1, 0.15) is 0 Å². The number of methoxy groups -OCH3 is 1. The standard InChI is InChI=1S/C18H24N2O3.ClH/c1-23-17(22)15-4-2-14(3-5-15)16(21)20-12-8-18(9-13-20)6-10-19-11-7-18;/h2-5,19H,6-13H2,1H3;1H. The molecule has 1 spiro atoms. The fourth-order valence-electron chi connectivity index (χ4n) is 3.69. The number of rotatable bonds is 2. The molecule has 24 heavy (non-hydrogen) atoms. The molecule has 1 amide bonds. The van der Waals surface area contributed by atoms with Gasteiger partial charge >= 0.3 is 5.97 Å². The smallest absolute Gasteiger partial charge is 0.337 e. The number of amides is 1. The summed E-state index contributed by atoms with van der Waals surface area (Å²) in [5.41, 5.74) is 1.55. The van der Waals surface area contributed by atoms with Gasteiger partial charge < -0.3 is 15.0 Å². The van der Waals surface area contributed by atoms with E-state index in [-0.39, 0.29) is 24.3 Å². The molecule has 6 heteroatoms. The number of carbonyl (C=O) groups excluding carboxylic acids is 2. The molecule has 5 nitrogen and oxygen atoms in total. The van der Waals surface area contributed by atoms with Crippen molar-refractivity contribution in [2.24, 2.45) is 5.41 Å². The molecule has 2 saturated heterocycles. The molecule has 1 N–H and O–H groups in total. The highest BCUT2D eigenvalue weighted by molar-refractivity contribution is 5.96. The molecule has 2 aliphatic rings. The topological polar surface area (TPSA) is 58.6 Å². The maximum atomic E-state index is 12.6. The predicted octanol–water partition coefficient (Wildman–Crippen LogP) is 2.50. The lowest BCUT2D eigenvalue weighted by Gasteiger charge is -2.44. The molecule has 0 atom stereocenters. The first-order valence-corrected chi connectivity index (χ1v) is 8.32. The number of hydrogen-bond donors (Lipinski definition) is 1. The number of likely N-dealkylation sites (tertiary alicyclic amines) is 1. The van der Waals surface area contributed by atoms with Gasteiger partial charge in [-0.3, -0.25) is 4.79 Å². The van der Waals surface area contributed by atoms with Crippen molar-refractivity contribution in [3.8, 4) is 0 Å². The minimum absolute atomic E-state index is 0. The lowest BCUT2D eigenvalue weighted by molar-refractivity contribution is 0.0494. The molecule has 0 bridgehead atoms. The van der Waals surface area contributed by atoms with Gasteiger partial charge in [-0.2, -0.15) is 0 Å². The first kappa shape index (κ1) is 18.7. The average molecular weight is 353 g/mol. The number of benzene rings is 1. The van der Waals surface area contributed by atoms with Crippen LogP contribution in [0.25, 0.3) is 0 Å². The van der Waals surface area contributed by atoms with Gasteiger partial charge in [0.2, 0.25) is 0 Å². The second kappa shape index (κ2) is 7.99. The van der Waals surface area contributed by atoms with Crippen LogP contribution in [0.3, 0.4) is 0 Å². The summed E-state index contributed by atoms with van der Waals surface area (Å²) >= 11 is 0. The normalized spacial score (nSPS) is 19.5. The number of carbonyl (C=O) groups is 2. The molecule has 0 aromatic heterocycles. The Balaban J connectivity index is 0.00000208. The largest absolute Gasteiger partial charge is 0.465 e. The number of nitrogens with one attached hydrogen (secondary N) is 1. The molecule has 1 aromatic carbocycles. The van der Waals surface area contributed by atoms with E-state index in [0.717, 1.165) is 39.0 Å². The predicted molar refractivity (Wildman–Crippen MR) is 94.7 cm³/mol. The van der Waals surface area contributed by atoms with Gasteiger partial charge in [-0.25, -0.2) is 4.79 Å². The Bertz CT molecular complexity index is 572. The molecule has 132 valence electrons. The molecule has 0 aliphatic carbocycles. The highest BCUT2D eigenvalue weighted by Crippen LogP contribution is 2.39. The van der Waals surface area contributed by atoms with Gasteiger partial charge in [-0.05, 0) is 68.5 Å². The summed E-state index contributed by atoms with van der Waals surface area (Å²) in [7, 11) is 1.35. The van der Waals surface area contributed by atoms with Crippen LogP contribution >= 0.6 is 12.4 Å². The Morgan fingerprint density at radius 3 is 2.08 bits per heavy atom. The Morgan fingerprint density at radius 2 is 1.54 bits per heavy atom. The highest BCUT2D eigenvalue weighted by Gasteiger charge is 2.36. The van der Waals surface area contributed by atoms with E-state index < -0.39 is 0 Å². The highest BCUT2D eigenvalue weighted by atomic mass is 35.5. The van der Waals surface area contributed by atoms with Crippen LogP contribution in [0.15, 0.2) is 24.3 Å². The molecule has 2 aliphatic heterocycles. The third-order valence-electron chi connectivity index (χ3n) is 5.33. The number of esters is 1. The lowest BCUT2D eigenvalue weighted by Crippen LogP contribution is -2.47. The van der Waals surface area contributed by atoms with E-state index >= 15 is 0 Å². The van der Waals surface area contributed by atoms with E-state index in [1.165, 1.54) is 20.0 Å². The molecule has 2 heterocycles. The Hall–Kier alpha value is -1.59. The Morgan fingerprint density at radius 1 is 1.00 bits per heavy atom. The zero-order chi connectivity index (χ0) is 16.3. The summed E-state index contributed by atoms with van der Waals surface area (Å²) in [4.78, 5) is 26.0. The minimum atomic E-state index is -0.380. The maximum Gasteiger partial charge on any atom is 0.337 e. The number of nitrogens with zero attached hydrogens (tertiary/aromatic N) is 1. The van der Waals surface area contributed by atoms with Crippen LogP contribution in [-0.4, -0.2) is 50.1 Å². The van der Waals surface area contributed by atoms with Crippen molar-refractivity contribution >= 4 is 24.3 Å². The fraction of sp³-hybridized carbons (Fsp3) is 0.556. The second-order valence-corrected chi connectivity index (χ2v) is 6.61. The van der Waals surface area contributed by atoms with Crippen LogP contribution in [-0.2, 0) is 4.74 Å². The van der Waals surface area contributed by atoms with E-state index in [1.807, 2.05) is 4.90 Å². The number of hydrogen-bond acceptors (Lipinski definition) is 4. The number of ether oxygens (including phenoxy) is 1. The van der Waals surface area contributed by atoms with Gasteiger partial charge in [0.25, 0.3) is 5.91 Å². The fourth-order valence-corrected chi connectivity index (χ4v) is 3.69. The molecular weight excluding hydrogens is 328 g/mol. The summed E-state index contributed by atoms with van der Waals surface area (Å²) in [5.74, 6) is -0.319. The average Bonchev–Trinajstić information content (AvgIpc) is 2.62. The minimum Gasteiger partial charge on any atom is -0.465 e. The van der Waals surface area contributed by atoms with Gasteiger partial charge in [0, 0.05) is 18.7 Å². The van der Waals surface area contributed by atoms with Crippen molar-refractivity contribution in [3.05, 3.63) is 35.4 Å². The summed E-state index contributed by atoms with van der Waals surface area (Å²) < 4.78 is 4.68. The molecule has 2 fully saturated rings. The van der Waals surface area contributed by atoms with Crippen LogP contribution in [0, 0.1) is 5.41 Å². The first-order valence-electron chi connectivity index (χ1n) is 8.32. The lowest BCUT2D eigenvalue weighted by atomic mass is 9.71. The second-order valence-electron chi connectivity index (χ2n) is 6.61. The van der Waals surface area contributed by atoms with E-state index in [2.05, 4.69) is 10.1 Å². The summed E-state index contributed by atoms with van der Waals surface area (Å²) in [5, 5.41) is 3.42. The molecular formula is C18H25ClN2O3. The molecule has 0 unspecified atom stereocenters. The summed E-state index contributed by atoms with van der Waals surface area (Å²) in [6.07, 6.45) is 4.65. The van der Waals surface area contributed by atoms with Crippen LogP contribution in [0.5, 0.6) is 0 Å². The van der Waals surface area contributed by atoms with Gasteiger partial charge in [0.15, 0.2) is 0 Å². The molecule has 3 rings (SSSR count). The Labute approximate surface area is 149 Å². The SMILES string of the molecule is COC(=O)c1ccc(C(=O)N2CCC3(CCNCC3)CC2)cc1.Cl. The van der Waals surface area contributed by atoms with E-state index in [0.29, 0.717) is 16.5 Å². The quantitative estimate of drug-likeness (QED) is 0.831. The summed E-state index contributed by atoms with van der Waals surface area (Å²) in [6.45, 7) is 3.86. The zero-order valence-corrected chi connectivity index (χ0v) is 14.9. The van der Waals surface area contributed by atoms with Gasteiger partial charge in [-0.15, -0.1) is 12.4 Å². The van der Waals surface area contributed by atoms with Gasteiger partial charge in [-0.1, -0.05) is 0 Å². The van der Waals surface area contributed by atoms with Crippen molar-refractivity contribution in [2.45, 2.75) is 25.7 Å².